The number of carbonyl (C=O) groups excluding carboxylic acids is 1. The first-order valence-corrected chi connectivity index (χ1v) is 15.6. The number of piperidine rings is 2. The Hall–Kier alpha value is -0.650. The second-order valence-corrected chi connectivity index (χ2v) is 14.3. The number of hydrogen-bond acceptors (Lipinski definition) is 5. The Labute approximate surface area is 219 Å². The van der Waals surface area contributed by atoms with Crippen molar-refractivity contribution >= 4 is 5.97 Å². The Balaban J connectivity index is 1.25. The first-order chi connectivity index (χ1) is 17.3. The number of aliphatic hydroxyl groups is 1. The van der Waals surface area contributed by atoms with Gasteiger partial charge in [-0.25, -0.2) is 0 Å². The van der Waals surface area contributed by atoms with Crippen molar-refractivity contribution in [2.24, 2.45) is 34.5 Å². The zero-order chi connectivity index (χ0) is 25.1. The molecule has 0 amide bonds. The fraction of sp³-hybridized carbons (Fsp3) is 0.968. The van der Waals surface area contributed by atoms with Crippen molar-refractivity contribution < 1.29 is 14.6 Å². The van der Waals surface area contributed by atoms with E-state index in [1.54, 1.807) is 6.92 Å². The smallest absolute Gasteiger partial charge is 0.302 e. The SMILES string of the molecule is CC(=O)O[C@H]1C[C@@H]2CC[C@@H]3[C@H](CC[C@]4(C)[C@@H](O)[C@@H](N5CCCCC5)C[C@@H]34)[C@@]2(C)C[C@@H]1N1CCCCC1. The van der Waals surface area contributed by atoms with Crippen molar-refractivity contribution in [1.82, 2.24) is 9.80 Å². The van der Waals surface area contributed by atoms with Crippen LogP contribution in [0.5, 0.6) is 0 Å². The van der Waals surface area contributed by atoms with Crippen LogP contribution < -0.4 is 0 Å². The lowest BCUT2D eigenvalue weighted by Crippen LogP contribution is -2.61. The highest BCUT2D eigenvalue weighted by Gasteiger charge is 2.64. The molecular formula is C31H52N2O3. The van der Waals surface area contributed by atoms with Crippen molar-refractivity contribution in [3.8, 4) is 0 Å². The van der Waals surface area contributed by atoms with Crippen LogP contribution >= 0.6 is 0 Å². The Kier molecular flexibility index (Phi) is 6.99. The summed E-state index contributed by atoms with van der Waals surface area (Å²) in [6, 6.07) is 0.767. The van der Waals surface area contributed by atoms with Gasteiger partial charge in [-0.1, -0.05) is 26.7 Å². The lowest BCUT2D eigenvalue weighted by atomic mass is 9.44. The van der Waals surface area contributed by atoms with Crippen LogP contribution in [-0.4, -0.2) is 71.3 Å². The van der Waals surface area contributed by atoms with E-state index in [0.717, 1.165) is 18.3 Å². The zero-order valence-corrected chi connectivity index (χ0v) is 23.3. The standard InChI is InChI=1S/C31H52N2O3/c1-21(34)36-28-18-22-10-11-23-24(31(22,3)20-27(28)33-16-8-5-9-17-33)12-13-30(2)25(23)19-26(29(30)35)32-14-6-4-7-15-32/h22-29,35H,4-20H2,1-3H3/t22-,23+,24-,25-,26-,27-,28-,29-,30-,31-/m0/s1. The molecule has 36 heavy (non-hydrogen) atoms. The van der Waals surface area contributed by atoms with Gasteiger partial charge in [0, 0.05) is 19.0 Å². The molecule has 10 atom stereocenters. The highest BCUT2D eigenvalue weighted by molar-refractivity contribution is 5.66. The molecule has 4 aliphatic carbocycles. The molecule has 204 valence electrons. The maximum atomic E-state index is 12.1. The van der Waals surface area contributed by atoms with Crippen LogP contribution in [0.4, 0.5) is 0 Å². The molecule has 6 aliphatic rings. The van der Waals surface area contributed by atoms with Gasteiger partial charge in [-0.15, -0.1) is 0 Å². The maximum Gasteiger partial charge on any atom is 0.302 e. The Morgan fingerprint density at radius 1 is 0.806 bits per heavy atom. The van der Waals surface area contributed by atoms with Crippen LogP contribution in [0.3, 0.4) is 0 Å². The van der Waals surface area contributed by atoms with E-state index in [0.29, 0.717) is 29.3 Å². The average Bonchev–Trinajstić information content (AvgIpc) is 3.15. The van der Waals surface area contributed by atoms with E-state index in [1.807, 2.05) is 0 Å². The van der Waals surface area contributed by atoms with Crippen LogP contribution in [0.1, 0.15) is 104 Å². The van der Waals surface area contributed by atoms with Gasteiger partial charge in [0.25, 0.3) is 0 Å². The summed E-state index contributed by atoms with van der Waals surface area (Å²) in [6.07, 6.45) is 16.3. The van der Waals surface area contributed by atoms with Crippen molar-refractivity contribution in [2.45, 2.75) is 129 Å². The predicted octanol–water partition coefficient (Wildman–Crippen LogP) is 5.25. The maximum absolute atomic E-state index is 12.1. The molecule has 0 unspecified atom stereocenters. The fourth-order valence-electron chi connectivity index (χ4n) is 10.8. The monoisotopic (exact) mass is 500 g/mol. The number of fused-ring (bicyclic) bond motifs is 5. The van der Waals surface area contributed by atoms with Crippen molar-refractivity contribution in [2.75, 3.05) is 26.2 Å². The second kappa shape index (κ2) is 9.83. The summed E-state index contributed by atoms with van der Waals surface area (Å²) in [5, 5.41) is 11.7. The third kappa shape index (κ3) is 4.18. The number of likely N-dealkylation sites (tertiary alicyclic amines) is 2. The summed E-state index contributed by atoms with van der Waals surface area (Å²) < 4.78 is 6.05. The quantitative estimate of drug-likeness (QED) is 0.537. The summed E-state index contributed by atoms with van der Waals surface area (Å²) in [5.41, 5.74) is 0.421. The molecule has 0 spiro atoms. The Bertz CT molecular complexity index is 808. The molecule has 2 saturated heterocycles. The number of esters is 1. The molecule has 2 heterocycles. The van der Waals surface area contributed by atoms with Crippen LogP contribution in [0.25, 0.3) is 0 Å². The van der Waals surface area contributed by atoms with Crippen LogP contribution in [-0.2, 0) is 9.53 Å². The van der Waals surface area contributed by atoms with Crippen LogP contribution in [0.15, 0.2) is 0 Å². The summed E-state index contributed by atoms with van der Waals surface area (Å²) in [6.45, 7) is 11.4. The molecule has 5 nitrogen and oxygen atoms in total. The van der Waals surface area contributed by atoms with E-state index < -0.39 is 0 Å². The van der Waals surface area contributed by atoms with Gasteiger partial charge in [0.15, 0.2) is 0 Å². The molecule has 0 aromatic heterocycles. The lowest BCUT2D eigenvalue weighted by Gasteiger charge is -2.62. The van der Waals surface area contributed by atoms with Gasteiger partial charge >= 0.3 is 5.97 Å². The summed E-state index contributed by atoms with van der Waals surface area (Å²) in [4.78, 5) is 17.5. The number of aliphatic hydroxyl groups excluding tert-OH is 1. The molecule has 0 radical (unpaired) electrons. The number of ether oxygens (including phenoxy) is 1. The minimum Gasteiger partial charge on any atom is -0.461 e. The topological polar surface area (TPSA) is 53.0 Å². The van der Waals surface area contributed by atoms with E-state index in [-0.39, 0.29) is 23.6 Å². The van der Waals surface area contributed by atoms with E-state index in [4.69, 9.17) is 4.74 Å². The number of hydrogen-bond donors (Lipinski definition) is 1. The van der Waals surface area contributed by atoms with Gasteiger partial charge < -0.3 is 9.84 Å². The molecule has 0 bridgehead atoms. The van der Waals surface area contributed by atoms with E-state index in [2.05, 4.69) is 23.6 Å². The van der Waals surface area contributed by atoms with E-state index >= 15 is 0 Å². The predicted molar refractivity (Wildman–Crippen MR) is 142 cm³/mol. The molecular weight excluding hydrogens is 448 g/mol. The minimum atomic E-state index is -0.159. The Morgan fingerprint density at radius 2 is 1.44 bits per heavy atom. The molecule has 6 rings (SSSR count). The first-order valence-electron chi connectivity index (χ1n) is 15.6. The third-order valence-electron chi connectivity index (χ3n) is 12.7. The molecule has 6 fully saturated rings. The van der Waals surface area contributed by atoms with Crippen molar-refractivity contribution in [3.63, 3.8) is 0 Å². The number of rotatable bonds is 3. The molecule has 0 aromatic carbocycles. The van der Waals surface area contributed by atoms with E-state index in [9.17, 15) is 9.90 Å². The third-order valence-corrected chi connectivity index (χ3v) is 12.7. The normalized spacial score (nSPS) is 50.1. The molecule has 5 heteroatoms. The first kappa shape index (κ1) is 25.6. The van der Waals surface area contributed by atoms with Crippen LogP contribution in [0.2, 0.25) is 0 Å². The van der Waals surface area contributed by atoms with Gasteiger partial charge in [0.2, 0.25) is 0 Å². The Morgan fingerprint density at radius 3 is 2.08 bits per heavy atom. The highest BCUT2D eigenvalue weighted by Crippen LogP contribution is 2.67. The van der Waals surface area contributed by atoms with E-state index in [1.165, 1.54) is 103 Å². The molecule has 2 aliphatic heterocycles. The summed E-state index contributed by atoms with van der Waals surface area (Å²) in [7, 11) is 0. The molecule has 4 saturated carbocycles. The number of nitrogens with zero attached hydrogens (tertiary/aromatic N) is 2. The summed E-state index contributed by atoms with van der Waals surface area (Å²) >= 11 is 0. The summed E-state index contributed by atoms with van der Waals surface area (Å²) in [5.74, 6) is 2.73. The molecule has 0 aromatic rings. The van der Waals surface area contributed by atoms with Gasteiger partial charge in [-0.05, 0) is 131 Å². The highest BCUT2D eigenvalue weighted by atomic mass is 16.5. The van der Waals surface area contributed by atoms with Crippen LogP contribution in [0, 0.1) is 34.5 Å². The molecule has 1 N–H and O–H groups in total. The van der Waals surface area contributed by atoms with Gasteiger partial charge in [0.1, 0.15) is 6.10 Å². The van der Waals surface area contributed by atoms with Gasteiger partial charge in [-0.3, -0.25) is 14.6 Å². The average molecular weight is 501 g/mol. The number of carbonyl (C=O) groups is 1. The lowest BCUT2D eigenvalue weighted by molar-refractivity contribution is -0.176. The minimum absolute atomic E-state index is 0.0702. The van der Waals surface area contributed by atoms with Crippen molar-refractivity contribution in [3.05, 3.63) is 0 Å². The van der Waals surface area contributed by atoms with Crippen molar-refractivity contribution in [1.29, 1.82) is 0 Å². The fourth-order valence-corrected chi connectivity index (χ4v) is 10.8. The van der Waals surface area contributed by atoms with Gasteiger partial charge in [-0.2, -0.15) is 0 Å². The van der Waals surface area contributed by atoms with Gasteiger partial charge in [0.05, 0.1) is 6.10 Å². The second-order valence-electron chi connectivity index (χ2n) is 14.3. The largest absolute Gasteiger partial charge is 0.461 e. The zero-order valence-electron chi connectivity index (χ0n) is 23.3.